The molecule has 1 spiro atoms. The second-order valence-electron chi connectivity index (χ2n) is 9.31. The molecule has 0 bridgehead atoms. The van der Waals surface area contributed by atoms with E-state index in [1.54, 1.807) is 0 Å². The maximum Gasteiger partial charge on any atom is 0.251 e. The quantitative estimate of drug-likeness (QED) is 0.699. The number of ether oxygens (including phenoxy) is 2. The molecule has 0 unspecified atom stereocenters. The number of carbonyl (C=O) groups excluding carboxylic acids is 2. The summed E-state index contributed by atoms with van der Waals surface area (Å²) < 4.78 is 12.1. The highest BCUT2D eigenvalue weighted by atomic mass is 16.7. The third-order valence-electron chi connectivity index (χ3n) is 6.85. The summed E-state index contributed by atoms with van der Waals surface area (Å²) in [5.41, 5.74) is 2.66. The molecule has 0 aromatic heterocycles. The highest BCUT2D eigenvalue weighted by Gasteiger charge is 2.44. The number of aryl methyl sites for hydroxylation is 1. The van der Waals surface area contributed by atoms with Crippen molar-refractivity contribution in [2.45, 2.75) is 51.2 Å². The number of nitrogens with one attached hydrogen (secondary N) is 1. The van der Waals surface area contributed by atoms with Crippen LogP contribution >= 0.6 is 0 Å². The number of piperidine rings is 1. The van der Waals surface area contributed by atoms with Gasteiger partial charge < -0.3 is 14.8 Å². The number of likely N-dealkylation sites (tertiary alicyclic amines) is 1. The first-order chi connectivity index (χ1) is 15.5. The van der Waals surface area contributed by atoms with Gasteiger partial charge in [0.1, 0.15) is 0 Å². The molecule has 6 heteroatoms. The SMILES string of the molecule is Cc1ccc(C(=O)C2CCN(CC(=O)Nc3ccc4c(c3)OC3(CCCC3)O4)CC2)cc1. The summed E-state index contributed by atoms with van der Waals surface area (Å²) in [6.45, 7) is 3.84. The fourth-order valence-electron chi connectivity index (χ4n) is 5.00. The lowest BCUT2D eigenvalue weighted by molar-refractivity contribution is -0.117. The monoisotopic (exact) mass is 434 g/mol. The van der Waals surface area contributed by atoms with Gasteiger partial charge in [0.2, 0.25) is 5.91 Å². The van der Waals surface area contributed by atoms with E-state index in [9.17, 15) is 9.59 Å². The summed E-state index contributed by atoms with van der Waals surface area (Å²) in [7, 11) is 0. The maximum atomic E-state index is 12.7. The third kappa shape index (κ3) is 4.37. The van der Waals surface area contributed by atoms with Crippen molar-refractivity contribution in [2.24, 2.45) is 5.92 Å². The first-order valence-corrected chi connectivity index (χ1v) is 11.6. The summed E-state index contributed by atoms with van der Waals surface area (Å²) >= 11 is 0. The van der Waals surface area contributed by atoms with E-state index in [4.69, 9.17) is 9.47 Å². The van der Waals surface area contributed by atoms with E-state index < -0.39 is 5.79 Å². The van der Waals surface area contributed by atoms with Gasteiger partial charge in [0.15, 0.2) is 17.3 Å². The molecule has 1 saturated heterocycles. The molecule has 5 rings (SSSR count). The molecule has 1 N–H and O–H groups in total. The topological polar surface area (TPSA) is 67.9 Å². The van der Waals surface area contributed by atoms with Gasteiger partial charge in [-0.15, -0.1) is 0 Å². The number of nitrogens with zero attached hydrogens (tertiary/aromatic N) is 1. The van der Waals surface area contributed by atoms with Crippen LogP contribution in [0.25, 0.3) is 0 Å². The molecule has 2 aromatic carbocycles. The van der Waals surface area contributed by atoms with E-state index in [1.165, 1.54) is 0 Å². The molecule has 1 saturated carbocycles. The largest absolute Gasteiger partial charge is 0.448 e. The van der Waals surface area contributed by atoms with Crippen LogP contribution in [0.2, 0.25) is 0 Å². The molecule has 32 heavy (non-hydrogen) atoms. The van der Waals surface area contributed by atoms with E-state index in [0.29, 0.717) is 12.3 Å². The minimum Gasteiger partial charge on any atom is -0.448 e. The van der Waals surface area contributed by atoms with Gasteiger partial charge in [-0.05, 0) is 57.8 Å². The van der Waals surface area contributed by atoms with Gasteiger partial charge in [-0.25, -0.2) is 0 Å². The Kier molecular flexibility index (Phi) is 5.64. The highest BCUT2D eigenvalue weighted by molar-refractivity contribution is 5.98. The van der Waals surface area contributed by atoms with E-state index in [-0.39, 0.29) is 17.6 Å². The Balaban J connectivity index is 1.11. The fourth-order valence-corrected chi connectivity index (χ4v) is 5.00. The predicted molar refractivity (Wildman–Crippen MR) is 122 cm³/mol. The lowest BCUT2D eigenvalue weighted by atomic mass is 9.88. The van der Waals surface area contributed by atoms with Crippen LogP contribution in [-0.4, -0.2) is 42.0 Å². The van der Waals surface area contributed by atoms with Gasteiger partial charge in [0, 0.05) is 36.1 Å². The van der Waals surface area contributed by atoms with E-state index in [0.717, 1.165) is 74.2 Å². The number of hydrogen-bond acceptors (Lipinski definition) is 5. The normalized spacial score (nSPS) is 19.9. The number of rotatable bonds is 5. The Morgan fingerprint density at radius 1 is 1.00 bits per heavy atom. The first-order valence-electron chi connectivity index (χ1n) is 11.6. The third-order valence-corrected chi connectivity index (χ3v) is 6.85. The molecule has 2 aromatic rings. The summed E-state index contributed by atoms with van der Waals surface area (Å²) in [6, 6.07) is 13.4. The van der Waals surface area contributed by atoms with Crippen molar-refractivity contribution in [1.82, 2.24) is 4.90 Å². The van der Waals surface area contributed by atoms with Crippen LogP contribution in [-0.2, 0) is 4.79 Å². The van der Waals surface area contributed by atoms with Crippen LogP contribution in [0.5, 0.6) is 11.5 Å². The van der Waals surface area contributed by atoms with Crippen LogP contribution in [0.3, 0.4) is 0 Å². The zero-order valence-corrected chi connectivity index (χ0v) is 18.6. The zero-order chi connectivity index (χ0) is 22.1. The van der Waals surface area contributed by atoms with Gasteiger partial charge in [0.05, 0.1) is 6.54 Å². The molecule has 1 amide bonds. The van der Waals surface area contributed by atoms with E-state index in [2.05, 4.69) is 10.2 Å². The molecule has 6 nitrogen and oxygen atoms in total. The molecule has 3 aliphatic rings. The minimum atomic E-state index is -0.495. The summed E-state index contributed by atoms with van der Waals surface area (Å²) in [5.74, 6) is 1.17. The lowest BCUT2D eigenvalue weighted by Gasteiger charge is -2.30. The van der Waals surface area contributed by atoms with Gasteiger partial charge in [-0.2, -0.15) is 0 Å². The number of Topliss-reactive ketones (excluding diaryl/α,β-unsaturated/α-hetero) is 1. The molecule has 1 aliphatic carbocycles. The Morgan fingerprint density at radius 3 is 2.41 bits per heavy atom. The molecule has 168 valence electrons. The Labute approximate surface area is 188 Å². The summed E-state index contributed by atoms with van der Waals surface area (Å²) in [4.78, 5) is 27.5. The predicted octanol–water partition coefficient (Wildman–Crippen LogP) is 4.57. The van der Waals surface area contributed by atoms with Gasteiger partial charge in [0.25, 0.3) is 5.79 Å². The minimum absolute atomic E-state index is 0.0359. The number of carbonyl (C=O) groups is 2. The summed E-state index contributed by atoms with van der Waals surface area (Å²) in [6.07, 6.45) is 5.62. The number of amides is 1. The molecule has 0 radical (unpaired) electrons. The number of hydrogen-bond donors (Lipinski definition) is 1. The molecular formula is C26H30N2O4. The molecule has 2 fully saturated rings. The Morgan fingerprint density at radius 2 is 1.69 bits per heavy atom. The van der Waals surface area contributed by atoms with Crippen LogP contribution in [0.4, 0.5) is 5.69 Å². The van der Waals surface area contributed by atoms with Crippen molar-refractivity contribution < 1.29 is 19.1 Å². The van der Waals surface area contributed by atoms with E-state index >= 15 is 0 Å². The lowest BCUT2D eigenvalue weighted by Crippen LogP contribution is -2.40. The second-order valence-corrected chi connectivity index (χ2v) is 9.31. The van der Waals surface area contributed by atoms with Gasteiger partial charge >= 0.3 is 0 Å². The van der Waals surface area contributed by atoms with Crippen molar-refractivity contribution in [3.05, 3.63) is 53.6 Å². The number of anilines is 1. The van der Waals surface area contributed by atoms with Crippen molar-refractivity contribution in [1.29, 1.82) is 0 Å². The average molecular weight is 435 g/mol. The standard InChI is InChI=1S/C26H30N2O4/c1-18-4-6-19(7-5-18)25(30)20-10-14-28(15-11-20)17-24(29)27-21-8-9-22-23(16-21)32-26(31-22)12-2-3-13-26/h4-9,16,20H,2-3,10-15,17H2,1H3,(H,27,29). The van der Waals surface area contributed by atoms with Crippen LogP contribution in [0.1, 0.15) is 54.4 Å². The van der Waals surface area contributed by atoms with Crippen LogP contribution in [0, 0.1) is 12.8 Å². The Hall–Kier alpha value is -2.86. The summed E-state index contributed by atoms with van der Waals surface area (Å²) in [5, 5.41) is 2.98. The smallest absolute Gasteiger partial charge is 0.251 e. The van der Waals surface area contributed by atoms with Crippen molar-refractivity contribution >= 4 is 17.4 Å². The van der Waals surface area contributed by atoms with E-state index in [1.807, 2.05) is 49.4 Å². The molecule has 0 atom stereocenters. The van der Waals surface area contributed by atoms with Crippen molar-refractivity contribution in [3.63, 3.8) is 0 Å². The van der Waals surface area contributed by atoms with Crippen LogP contribution < -0.4 is 14.8 Å². The number of fused-ring (bicyclic) bond motifs is 1. The average Bonchev–Trinajstić information content (AvgIpc) is 3.39. The fraction of sp³-hybridized carbons (Fsp3) is 0.462. The van der Waals surface area contributed by atoms with Gasteiger partial charge in [-0.3, -0.25) is 14.5 Å². The molecule has 2 heterocycles. The maximum absolute atomic E-state index is 12.7. The first kappa shape index (κ1) is 21.0. The Bertz CT molecular complexity index is 1000. The highest BCUT2D eigenvalue weighted by Crippen LogP contribution is 2.47. The second kappa shape index (κ2) is 8.58. The van der Waals surface area contributed by atoms with Crippen molar-refractivity contribution in [3.8, 4) is 11.5 Å². The van der Waals surface area contributed by atoms with Crippen molar-refractivity contribution in [2.75, 3.05) is 25.0 Å². The number of benzene rings is 2. The zero-order valence-electron chi connectivity index (χ0n) is 18.6. The molecular weight excluding hydrogens is 404 g/mol. The number of ketones is 1. The molecule has 2 aliphatic heterocycles. The van der Waals surface area contributed by atoms with Crippen LogP contribution in [0.15, 0.2) is 42.5 Å². The van der Waals surface area contributed by atoms with Gasteiger partial charge in [-0.1, -0.05) is 29.8 Å².